The fourth-order valence-electron chi connectivity index (χ4n) is 2.15. The van der Waals surface area contributed by atoms with Crippen LogP contribution in [0.4, 0.5) is 9.52 Å². The van der Waals surface area contributed by atoms with Crippen LogP contribution < -0.4 is 10.6 Å². The van der Waals surface area contributed by atoms with Gasteiger partial charge in [-0.25, -0.2) is 4.39 Å². The average Bonchev–Trinajstić information content (AvgIpc) is 3.04. The minimum absolute atomic E-state index is 0.0937. The molecule has 1 amide bonds. The molecule has 8 heteroatoms. The molecule has 1 unspecified atom stereocenters. The number of halogens is 1. The van der Waals surface area contributed by atoms with Crippen molar-refractivity contribution in [1.82, 2.24) is 15.5 Å². The van der Waals surface area contributed by atoms with Gasteiger partial charge in [-0.1, -0.05) is 55.2 Å². The smallest absolute Gasteiger partial charge is 0.230 e. The van der Waals surface area contributed by atoms with Gasteiger partial charge in [0.15, 0.2) is 4.34 Å². The van der Waals surface area contributed by atoms with E-state index in [1.165, 1.54) is 35.2 Å². The minimum atomic E-state index is -0.287. The van der Waals surface area contributed by atoms with Gasteiger partial charge in [-0.05, 0) is 23.6 Å². The summed E-state index contributed by atoms with van der Waals surface area (Å²) in [6.07, 6.45) is 1.74. The zero-order valence-electron chi connectivity index (χ0n) is 14.2. The number of hydrogen-bond donors (Lipinski definition) is 2. The number of rotatable bonds is 9. The molecule has 0 spiro atoms. The van der Waals surface area contributed by atoms with Crippen molar-refractivity contribution >= 4 is 34.1 Å². The second kappa shape index (κ2) is 9.53. The van der Waals surface area contributed by atoms with Crippen molar-refractivity contribution in [1.29, 1.82) is 0 Å². The van der Waals surface area contributed by atoms with E-state index in [0.717, 1.165) is 9.90 Å². The first-order valence-electron chi connectivity index (χ1n) is 7.85. The molecule has 2 aromatic rings. The van der Waals surface area contributed by atoms with E-state index in [2.05, 4.69) is 27.4 Å². The molecule has 0 radical (unpaired) electrons. The number of carbonyl (C=O) groups excluding carboxylic acids is 1. The third-order valence-corrected chi connectivity index (χ3v) is 5.36. The Bertz CT molecular complexity index is 703. The first kappa shape index (κ1) is 19.4. The van der Waals surface area contributed by atoms with Crippen molar-refractivity contribution < 1.29 is 9.18 Å². The lowest BCUT2D eigenvalue weighted by Gasteiger charge is -2.22. The van der Waals surface area contributed by atoms with Crippen molar-refractivity contribution in [2.24, 2.45) is 5.92 Å². The Morgan fingerprint density at radius 3 is 2.72 bits per heavy atom. The highest BCUT2D eigenvalue weighted by molar-refractivity contribution is 8.01. The topological polar surface area (TPSA) is 66.9 Å². The van der Waals surface area contributed by atoms with E-state index in [4.69, 9.17) is 0 Å². The molecule has 134 valence electrons. The molecule has 1 atom stereocenters. The van der Waals surface area contributed by atoms with E-state index < -0.39 is 0 Å². The number of amides is 1. The van der Waals surface area contributed by atoms with E-state index in [1.807, 2.05) is 13.8 Å². The highest BCUT2D eigenvalue weighted by atomic mass is 32.2. The summed E-state index contributed by atoms with van der Waals surface area (Å²) in [6.45, 7) is 8.28. The van der Waals surface area contributed by atoms with Crippen LogP contribution in [0.25, 0.3) is 0 Å². The number of thioether (sulfide) groups is 1. The zero-order chi connectivity index (χ0) is 18.2. The number of aromatic nitrogens is 2. The molecule has 1 aromatic carbocycles. The Morgan fingerprint density at radius 2 is 2.08 bits per heavy atom. The molecule has 0 aliphatic carbocycles. The van der Waals surface area contributed by atoms with Crippen LogP contribution in [0.1, 0.15) is 25.5 Å². The Balaban J connectivity index is 1.89. The highest BCUT2D eigenvalue weighted by Gasteiger charge is 2.19. The van der Waals surface area contributed by atoms with Crippen LogP contribution >= 0.6 is 23.1 Å². The zero-order valence-corrected chi connectivity index (χ0v) is 15.8. The van der Waals surface area contributed by atoms with Crippen LogP contribution in [0.15, 0.2) is 41.3 Å². The maximum Gasteiger partial charge on any atom is 0.230 e. The summed E-state index contributed by atoms with van der Waals surface area (Å²) in [5.74, 6) is 0.0605. The van der Waals surface area contributed by atoms with Gasteiger partial charge >= 0.3 is 0 Å². The Morgan fingerprint density at radius 1 is 1.36 bits per heavy atom. The molecule has 0 saturated heterocycles. The van der Waals surface area contributed by atoms with Gasteiger partial charge in [-0.3, -0.25) is 4.79 Å². The third-order valence-electron chi connectivity index (χ3n) is 3.34. The first-order chi connectivity index (χ1) is 12.0. The van der Waals surface area contributed by atoms with Crippen molar-refractivity contribution in [3.05, 3.63) is 48.3 Å². The summed E-state index contributed by atoms with van der Waals surface area (Å²) < 4.78 is 13.8. The van der Waals surface area contributed by atoms with Gasteiger partial charge in [0.1, 0.15) is 5.82 Å². The van der Waals surface area contributed by atoms with Gasteiger partial charge in [-0.2, -0.15) is 0 Å². The molecular weight excluding hydrogens is 359 g/mol. The maximum absolute atomic E-state index is 13.1. The van der Waals surface area contributed by atoms with Crippen LogP contribution in [0.5, 0.6) is 0 Å². The predicted octanol–water partition coefficient (Wildman–Crippen LogP) is 3.88. The molecule has 0 fully saturated rings. The molecule has 1 heterocycles. The molecule has 1 aromatic heterocycles. The number of hydrogen-bond acceptors (Lipinski definition) is 6. The largest absolute Gasteiger partial charge is 0.357 e. The fourth-order valence-corrected chi connectivity index (χ4v) is 3.72. The molecule has 0 bridgehead atoms. The fraction of sp³-hybridized carbons (Fsp3) is 0.353. The van der Waals surface area contributed by atoms with Gasteiger partial charge in [-0.15, -0.1) is 16.8 Å². The molecule has 2 rings (SSSR count). The summed E-state index contributed by atoms with van der Waals surface area (Å²) in [4.78, 5) is 12.3. The van der Waals surface area contributed by atoms with Crippen LogP contribution in [0.3, 0.4) is 0 Å². The van der Waals surface area contributed by atoms with Gasteiger partial charge in [0.2, 0.25) is 11.0 Å². The molecule has 0 aliphatic heterocycles. The molecule has 25 heavy (non-hydrogen) atoms. The van der Waals surface area contributed by atoms with Crippen molar-refractivity contribution in [3.8, 4) is 0 Å². The number of carbonyl (C=O) groups is 1. The monoisotopic (exact) mass is 380 g/mol. The minimum Gasteiger partial charge on any atom is -0.357 e. The van der Waals surface area contributed by atoms with E-state index in [0.29, 0.717) is 11.7 Å². The SMILES string of the molecule is C=CCNc1nnc(SCC(=O)NC(c2ccc(F)cc2)C(C)C)s1. The average molecular weight is 381 g/mol. The predicted molar refractivity (Wildman–Crippen MR) is 101 cm³/mol. The van der Waals surface area contributed by atoms with E-state index in [9.17, 15) is 9.18 Å². The second-order valence-corrected chi connectivity index (χ2v) is 7.87. The lowest BCUT2D eigenvalue weighted by Crippen LogP contribution is -2.32. The van der Waals surface area contributed by atoms with Crippen LogP contribution in [0.2, 0.25) is 0 Å². The second-order valence-electron chi connectivity index (χ2n) is 5.67. The first-order valence-corrected chi connectivity index (χ1v) is 9.65. The van der Waals surface area contributed by atoms with Crippen molar-refractivity contribution in [2.75, 3.05) is 17.6 Å². The van der Waals surface area contributed by atoms with Crippen LogP contribution in [-0.2, 0) is 4.79 Å². The third kappa shape index (κ3) is 6.13. The van der Waals surface area contributed by atoms with E-state index in [-0.39, 0.29) is 29.4 Å². The Hall–Kier alpha value is -1.93. The van der Waals surface area contributed by atoms with E-state index in [1.54, 1.807) is 18.2 Å². The summed E-state index contributed by atoms with van der Waals surface area (Å²) in [5, 5.41) is 14.8. The summed E-state index contributed by atoms with van der Waals surface area (Å²) in [6, 6.07) is 6.06. The normalized spacial score (nSPS) is 12.0. The summed E-state index contributed by atoms with van der Waals surface area (Å²) in [5.41, 5.74) is 0.890. The van der Waals surface area contributed by atoms with Crippen molar-refractivity contribution in [2.45, 2.75) is 24.2 Å². The molecular formula is C17H21FN4OS2. The van der Waals surface area contributed by atoms with E-state index >= 15 is 0 Å². The van der Waals surface area contributed by atoms with Gasteiger partial charge < -0.3 is 10.6 Å². The quantitative estimate of drug-likeness (QED) is 0.510. The maximum atomic E-state index is 13.1. The Labute approximate surface area is 155 Å². The Kier molecular flexibility index (Phi) is 7.39. The van der Waals surface area contributed by atoms with Crippen molar-refractivity contribution in [3.63, 3.8) is 0 Å². The summed E-state index contributed by atoms with van der Waals surface area (Å²) >= 11 is 2.74. The lowest BCUT2D eigenvalue weighted by atomic mass is 9.96. The molecule has 5 nitrogen and oxygen atoms in total. The number of anilines is 1. The molecule has 0 saturated carbocycles. The summed E-state index contributed by atoms with van der Waals surface area (Å²) in [7, 11) is 0. The van der Waals surface area contributed by atoms with Gasteiger partial charge in [0, 0.05) is 6.54 Å². The van der Waals surface area contributed by atoms with Gasteiger partial charge in [0.05, 0.1) is 11.8 Å². The van der Waals surface area contributed by atoms with Gasteiger partial charge in [0.25, 0.3) is 0 Å². The number of benzene rings is 1. The number of nitrogens with one attached hydrogen (secondary N) is 2. The highest BCUT2D eigenvalue weighted by Crippen LogP contribution is 2.26. The number of nitrogens with zero attached hydrogens (tertiary/aromatic N) is 2. The standard InChI is InChI=1S/C17H21FN4OS2/c1-4-9-19-16-21-22-17(25-16)24-10-14(23)20-15(11(2)3)12-5-7-13(18)8-6-12/h4-8,11,15H,1,9-10H2,2-3H3,(H,19,21)(H,20,23). The van der Waals surface area contributed by atoms with Crippen LogP contribution in [-0.4, -0.2) is 28.4 Å². The lowest BCUT2D eigenvalue weighted by molar-refractivity contribution is -0.119. The van der Waals surface area contributed by atoms with Crippen LogP contribution in [0, 0.1) is 11.7 Å². The molecule has 0 aliphatic rings. The molecule has 2 N–H and O–H groups in total.